The highest BCUT2D eigenvalue weighted by atomic mass is 19.4. The minimum absolute atomic E-state index is 0.123. The number of aliphatic hydroxyl groups excluding tert-OH is 1. The third-order valence-corrected chi connectivity index (χ3v) is 12.9. The number of rotatable bonds is 18. The van der Waals surface area contributed by atoms with Crippen LogP contribution in [0.5, 0.6) is 11.5 Å². The molecular weight excluding hydrogens is 908 g/mol. The number of aliphatic hydroxyl groups is 2. The number of aromatic amines is 1. The summed E-state index contributed by atoms with van der Waals surface area (Å²) in [6.45, 7) is 1.89. The van der Waals surface area contributed by atoms with Crippen molar-refractivity contribution in [1.29, 1.82) is 0 Å². The first-order chi connectivity index (χ1) is 33.6. The number of H-pyrrole nitrogens is 1. The molecule has 17 heteroatoms. The molecule has 1 saturated carbocycles. The maximum absolute atomic E-state index is 14.2. The summed E-state index contributed by atoms with van der Waals surface area (Å²) in [5.41, 5.74) is -1.78. The third-order valence-electron chi connectivity index (χ3n) is 12.9. The van der Waals surface area contributed by atoms with Crippen molar-refractivity contribution >= 4 is 28.7 Å². The quantitative estimate of drug-likeness (QED) is 0.0482. The molecule has 0 radical (unpaired) electrons. The molecule has 1 aliphatic heterocycles. The second kappa shape index (κ2) is 21.7. The largest absolute Gasteiger partial charge is 0.506 e. The Morgan fingerprint density at radius 3 is 2.24 bits per heavy atom. The predicted molar refractivity (Wildman–Crippen MR) is 254 cm³/mol. The number of hydrogen-bond donors (Lipinski definition) is 7. The Bertz CT molecular complexity index is 2850. The number of benzene rings is 5. The standard InChI is InChI=1S/C53H54F3N5O9/c54-53(55,56)44-24-35(14-15-36(44)28-57-29-46(63)42-16-18-45(62)49-43(42)17-19-47(64)60-49)50(66)59-40-26-39(27-40)58-48(65)32-69-41-13-7-12-38(25-41)52(68,37-10-5-2-6-11-37)51(67)70-31-34-20-22-61(23-21-34)30-33-8-3-1-4-9-33/h1-19,24-25,34,39-40,46,57,62-63,68H,20-23,26-32H2,(H,58,65)(H,59,66)(H,60,64)/t39?,40?,46-,52-/m0/s1. The predicted octanol–water partition coefficient (Wildman–Crippen LogP) is 6.22. The molecule has 7 N–H and O–H groups in total. The zero-order chi connectivity index (χ0) is 49.4. The molecule has 8 rings (SSSR count). The number of likely N-dealkylation sites (tertiary alicyclic amines) is 1. The number of carbonyl (C=O) groups excluding carboxylic acids is 3. The van der Waals surface area contributed by atoms with Crippen molar-refractivity contribution in [3.63, 3.8) is 0 Å². The fraction of sp³-hybridized carbons (Fsp3) is 0.321. The lowest BCUT2D eigenvalue weighted by molar-refractivity contribution is -0.164. The number of esters is 1. The van der Waals surface area contributed by atoms with Crippen molar-refractivity contribution in [2.45, 2.75) is 68.7 Å². The van der Waals surface area contributed by atoms with Crippen LogP contribution in [0.3, 0.4) is 0 Å². The maximum Gasteiger partial charge on any atom is 0.416 e. The number of carbonyl (C=O) groups is 3. The summed E-state index contributed by atoms with van der Waals surface area (Å²) in [6.07, 6.45) is -3.65. The number of fused-ring (bicyclic) bond motifs is 1. The fourth-order valence-corrected chi connectivity index (χ4v) is 9.02. The van der Waals surface area contributed by atoms with Gasteiger partial charge in [0.25, 0.3) is 11.8 Å². The lowest BCUT2D eigenvalue weighted by atomic mass is 9.86. The van der Waals surface area contributed by atoms with Gasteiger partial charge < -0.3 is 45.7 Å². The smallest absolute Gasteiger partial charge is 0.416 e. The Morgan fingerprint density at radius 2 is 1.51 bits per heavy atom. The van der Waals surface area contributed by atoms with Crippen molar-refractivity contribution < 1.29 is 52.3 Å². The van der Waals surface area contributed by atoms with Gasteiger partial charge in [-0.1, -0.05) is 84.9 Å². The van der Waals surface area contributed by atoms with E-state index in [9.17, 15) is 47.7 Å². The molecule has 2 amide bonds. The third kappa shape index (κ3) is 11.9. The van der Waals surface area contributed by atoms with Gasteiger partial charge in [0.1, 0.15) is 11.5 Å². The Labute approximate surface area is 401 Å². The lowest BCUT2D eigenvalue weighted by Crippen LogP contribution is -2.54. The second-order valence-corrected chi connectivity index (χ2v) is 17.9. The number of nitrogens with zero attached hydrogens (tertiary/aromatic N) is 1. The Balaban J connectivity index is 0.800. The summed E-state index contributed by atoms with van der Waals surface area (Å²) in [5.74, 6) is -1.84. The molecule has 2 atom stereocenters. The van der Waals surface area contributed by atoms with Crippen LogP contribution in [-0.4, -0.2) is 87.9 Å². The topological polar surface area (TPSA) is 203 Å². The van der Waals surface area contributed by atoms with Crippen molar-refractivity contribution in [1.82, 2.24) is 25.8 Å². The van der Waals surface area contributed by atoms with Gasteiger partial charge in [-0.15, -0.1) is 0 Å². The van der Waals surface area contributed by atoms with Crippen LogP contribution >= 0.6 is 0 Å². The number of phenolic OH excluding ortho intramolecular Hbond substituents is 1. The van der Waals surface area contributed by atoms with Gasteiger partial charge in [0.05, 0.1) is 23.8 Å². The molecule has 1 saturated heterocycles. The Kier molecular flexibility index (Phi) is 15.3. The number of aromatic nitrogens is 1. The molecule has 2 heterocycles. The highest BCUT2D eigenvalue weighted by Crippen LogP contribution is 2.36. The SMILES string of the molecule is O=C(COc1cccc([C@](O)(C(=O)OCC2CCN(Cc3ccccc3)CC2)c2ccccc2)c1)NC1CC(NC(=O)c2ccc(CNC[C@H](O)c3ccc(O)c4[nH]c(=O)ccc34)c(C(F)(F)F)c2)C1. The van der Waals surface area contributed by atoms with Crippen LogP contribution in [0.4, 0.5) is 13.2 Å². The van der Waals surface area contributed by atoms with Gasteiger partial charge in [0.2, 0.25) is 11.2 Å². The monoisotopic (exact) mass is 961 g/mol. The summed E-state index contributed by atoms with van der Waals surface area (Å²) >= 11 is 0. The van der Waals surface area contributed by atoms with Crippen LogP contribution in [0.2, 0.25) is 0 Å². The number of piperidine rings is 1. The van der Waals surface area contributed by atoms with E-state index in [2.05, 4.69) is 38.0 Å². The van der Waals surface area contributed by atoms with E-state index >= 15 is 0 Å². The minimum atomic E-state index is -4.80. The van der Waals surface area contributed by atoms with Gasteiger partial charge in [0.15, 0.2) is 6.61 Å². The molecule has 1 aromatic heterocycles. The highest BCUT2D eigenvalue weighted by Gasteiger charge is 2.43. The van der Waals surface area contributed by atoms with Gasteiger partial charge in [-0.3, -0.25) is 19.3 Å². The van der Waals surface area contributed by atoms with Crippen LogP contribution in [0.25, 0.3) is 10.9 Å². The number of pyridine rings is 1. The number of nitrogens with one attached hydrogen (secondary N) is 4. The number of halogens is 3. The van der Waals surface area contributed by atoms with Crippen molar-refractivity contribution in [3.8, 4) is 11.5 Å². The summed E-state index contributed by atoms with van der Waals surface area (Å²) in [6, 6.07) is 32.9. The molecule has 0 spiro atoms. The number of hydrogen-bond acceptors (Lipinski definition) is 11. The Morgan fingerprint density at radius 1 is 0.814 bits per heavy atom. The average molecular weight is 962 g/mol. The zero-order valence-electron chi connectivity index (χ0n) is 38.1. The molecule has 70 heavy (non-hydrogen) atoms. The number of amides is 2. The van der Waals surface area contributed by atoms with E-state index in [4.69, 9.17) is 9.47 Å². The lowest BCUT2D eigenvalue weighted by Gasteiger charge is -2.36. The van der Waals surface area contributed by atoms with Gasteiger partial charge >= 0.3 is 12.1 Å². The molecular formula is C53H54F3N5O9. The molecule has 0 bridgehead atoms. The summed E-state index contributed by atoms with van der Waals surface area (Å²) in [5, 5.41) is 41.9. The van der Waals surface area contributed by atoms with Gasteiger partial charge in [-0.05, 0) is 103 Å². The van der Waals surface area contributed by atoms with E-state index in [0.29, 0.717) is 29.4 Å². The van der Waals surface area contributed by atoms with Crippen LogP contribution in [0, 0.1) is 5.92 Å². The first-order valence-electron chi connectivity index (χ1n) is 23.1. The minimum Gasteiger partial charge on any atom is -0.506 e. The maximum atomic E-state index is 14.2. The van der Waals surface area contributed by atoms with E-state index in [0.717, 1.165) is 38.5 Å². The van der Waals surface area contributed by atoms with Crippen LogP contribution in [0.15, 0.2) is 132 Å². The number of aromatic hydroxyl groups is 1. The Hall–Kier alpha value is -7.05. The summed E-state index contributed by atoms with van der Waals surface area (Å²) in [7, 11) is 0. The number of alkyl halides is 3. The van der Waals surface area contributed by atoms with Crippen LogP contribution in [-0.2, 0) is 39.2 Å². The normalized spacial score (nSPS) is 17.7. The first-order valence-corrected chi connectivity index (χ1v) is 23.1. The van der Waals surface area contributed by atoms with Crippen molar-refractivity contribution in [3.05, 3.63) is 177 Å². The van der Waals surface area contributed by atoms with Gasteiger partial charge in [-0.25, -0.2) is 4.79 Å². The second-order valence-electron chi connectivity index (χ2n) is 17.9. The van der Waals surface area contributed by atoms with Gasteiger partial charge in [-0.2, -0.15) is 13.2 Å². The van der Waals surface area contributed by atoms with Crippen LogP contribution < -0.4 is 26.2 Å². The highest BCUT2D eigenvalue weighted by molar-refractivity contribution is 5.95. The molecule has 14 nitrogen and oxygen atoms in total. The molecule has 1 aliphatic carbocycles. The molecule has 6 aromatic rings. The summed E-state index contributed by atoms with van der Waals surface area (Å²) < 4.78 is 54.4. The number of ether oxygens (including phenoxy) is 2. The van der Waals surface area contributed by atoms with Crippen molar-refractivity contribution in [2.24, 2.45) is 5.92 Å². The van der Waals surface area contributed by atoms with E-state index in [-0.39, 0.29) is 65.4 Å². The zero-order valence-corrected chi connectivity index (χ0v) is 38.1. The van der Waals surface area contributed by atoms with E-state index in [1.165, 1.54) is 48.0 Å². The molecule has 366 valence electrons. The van der Waals surface area contributed by atoms with E-state index < -0.39 is 59.4 Å². The molecule has 2 aliphatic rings. The average Bonchev–Trinajstić information content (AvgIpc) is 3.35. The first kappa shape index (κ1) is 49.4. The molecule has 5 aromatic carbocycles. The van der Waals surface area contributed by atoms with Crippen molar-refractivity contribution in [2.75, 3.05) is 32.8 Å². The van der Waals surface area contributed by atoms with E-state index in [1.807, 2.05) is 18.2 Å². The summed E-state index contributed by atoms with van der Waals surface area (Å²) in [4.78, 5) is 56.5. The van der Waals surface area contributed by atoms with E-state index in [1.54, 1.807) is 48.5 Å². The molecule has 0 unspecified atom stereocenters. The van der Waals surface area contributed by atoms with Crippen LogP contribution in [0.1, 0.15) is 75.5 Å². The molecule has 2 fully saturated rings. The number of phenols is 1. The fourth-order valence-electron chi connectivity index (χ4n) is 9.02. The van der Waals surface area contributed by atoms with Gasteiger partial charge in [0, 0.05) is 54.3 Å².